The van der Waals surface area contributed by atoms with Crippen LogP contribution in [0.1, 0.15) is 11.1 Å². The van der Waals surface area contributed by atoms with Gasteiger partial charge in [-0.3, -0.25) is 0 Å². The van der Waals surface area contributed by atoms with Crippen molar-refractivity contribution in [1.82, 2.24) is 0 Å². The highest BCUT2D eigenvalue weighted by Crippen LogP contribution is 2.34. The summed E-state index contributed by atoms with van der Waals surface area (Å²) in [5.41, 5.74) is 3.92. The zero-order valence-corrected chi connectivity index (χ0v) is 10.0. The Morgan fingerprint density at radius 2 is 1.75 bits per heavy atom. The Balaban J connectivity index is 2.67. The first-order valence-electron chi connectivity index (χ1n) is 5.14. The van der Waals surface area contributed by atoms with Crippen LogP contribution in [-0.4, -0.2) is 5.11 Å². The van der Waals surface area contributed by atoms with Crippen LogP contribution in [0.25, 0.3) is 11.1 Å². The van der Waals surface area contributed by atoms with E-state index in [2.05, 4.69) is 0 Å². The first kappa shape index (κ1) is 11.0. The number of aromatic hydroxyl groups is 1. The summed E-state index contributed by atoms with van der Waals surface area (Å²) >= 11 is 6.07. The minimum Gasteiger partial charge on any atom is -0.507 e. The molecule has 0 aliphatic rings. The topological polar surface area (TPSA) is 20.2 Å². The number of hydrogen-bond donors (Lipinski definition) is 1. The average molecular weight is 233 g/mol. The number of hydrogen-bond acceptors (Lipinski definition) is 1. The maximum absolute atomic E-state index is 9.86. The van der Waals surface area contributed by atoms with Crippen molar-refractivity contribution in [2.24, 2.45) is 0 Å². The van der Waals surface area contributed by atoms with Crippen LogP contribution < -0.4 is 0 Å². The third-order valence-electron chi connectivity index (χ3n) is 2.71. The van der Waals surface area contributed by atoms with Crippen molar-refractivity contribution in [1.29, 1.82) is 0 Å². The van der Waals surface area contributed by atoms with Gasteiger partial charge in [-0.15, -0.1) is 0 Å². The van der Waals surface area contributed by atoms with Crippen molar-refractivity contribution in [2.75, 3.05) is 0 Å². The van der Waals surface area contributed by atoms with E-state index in [0.717, 1.165) is 27.3 Å². The van der Waals surface area contributed by atoms with E-state index in [1.54, 1.807) is 6.07 Å². The van der Waals surface area contributed by atoms with E-state index >= 15 is 0 Å². The van der Waals surface area contributed by atoms with Gasteiger partial charge in [0, 0.05) is 10.6 Å². The Morgan fingerprint density at radius 3 is 2.50 bits per heavy atom. The lowest BCUT2D eigenvalue weighted by Crippen LogP contribution is -1.86. The highest BCUT2D eigenvalue weighted by molar-refractivity contribution is 6.31. The Labute approximate surface area is 100 Å². The molecule has 0 radical (unpaired) electrons. The quantitative estimate of drug-likeness (QED) is 0.776. The van der Waals surface area contributed by atoms with Crippen LogP contribution >= 0.6 is 11.6 Å². The van der Waals surface area contributed by atoms with Crippen molar-refractivity contribution in [3.8, 4) is 16.9 Å². The molecule has 0 fully saturated rings. The second-order valence-corrected chi connectivity index (χ2v) is 4.34. The SMILES string of the molecule is Cc1ccc(O)c(-c2cccc(Cl)c2C)c1. The molecular weight excluding hydrogens is 220 g/mol. The number of aryl methyl sites for hydroxylation is 1. The summed E-state index contributed by atoms with van der Waals surface area (Å²) in [7, 11) is 0. The molecule has 2 aromatic carbocycles. The first-order chi connectivity index (χ1) is 7.59. The van der Waals surface area contributed by atoms with Gasteiger partial charge >= 0.3 is 0 Å². The van der Waals surface area contributed by atoms with Gasteiger partial charge in [0.1, 0.15) is 5.75 Å². The summed E-state index contributed by atoms with van der Waals surface area (Å²) < 4.78 is 0. The number of halogens is 1. The summed E-state index contributed by atoms with van der Waals surface area (Å²) in [4.78, 5) is 0. The molecule has 0 unspecified atom stereocenters. The molecule has 0 aromatic heterocycles. The Hall–Kier alpha value is -1.47. The summed E-state index contributed by atoms with van der Waals surface area (Å²) in [5, 5.41) is 10.6. The molecule has 0 atom stereocenters. The van der Waals surface area contributed by atoms with Gasteiger partial charge < -0.3 is 5.11 Å². The van der Waals surface area contributed by atoms with Crippen LogP contribution in [-0.2, 0) is 0 Å². The minimum absolute atomic E-state index is 0.288. The lowest BCUT2D eigenvalue weighted by molar-refractivity contribution is 0.477. The fourth-order valence-corrected chi connectivity index (χ4v) is 1.94. The molecule has 0 saturated carbocycles. The highest BCUT2D eigenvalue weighted by atomic mass is 35.5. The van der Waals surface area contributed by atoms with Crippen LogP contribution in [0.2, 0.25) is 5.02 Å². The number of benzene rings is 2. The predicted octanol–water partition coefficient (Wildman–Crippen LogP) is 4.33. The molecule has 0 aliphatic carbocycles. The molecule has 16 heavy (non-hydrogen) atoms. The van der Waals surface area contributed by atoms with Crippen LogP contribution in [0.5, 0.6) is 5.75 Å². The summed E-state index contributed by atoms with van der Waals surface area (Å²) in [6.07, 6.45) is 0. The monoisotopic (exact) mass is 232 g/mol. The standard InChI is InChI=1S/C14H13ClO/c1-9-6-7-14(16)12(8-9)11-4-3-5-13(15)10(11)2/h3-8,16H,1-2H3. The molecule has 0 saturated heterocycles. The van der Waals surface area contributed by atoms with Crippen LogP contribution in [0.4, 0.5) is 0 Å². The first-order valence-corrected chi connectivity index (χ1v) is 5.52. The van der Waals surface area contributed by atoms with E-state index in [0.29, 0.717) is 0 Å². The van der Waals surface area contributed by atoms with Gasteiger partial charge in [0.2, 0.25) is 0 Å². The molecule has 0 amide bonds. The van der Waals surface area contributed by atoms with E-state index in [-0.39, 0.29) is 5.75 Å². The summed E-state index contributed by atoms with van der Waals surface area (Å²) in [6, 6.07) is 11.3. The molecule has 0 aliphatic heterocycles. The van der Waals surface area contributed by atoms with E-state index in [1.165, 1.54) is 0 Å². The van der Waals surface area contributed by atoms with Gasteiger partial charge in [-0.25, -0.2) is 0 Å². The van der Waals surface area contributed by atoms with Gasteiger partial charge in [-0.05, 0) is 43.2 Å². The Morgan fingerprint density at radius 1 is 1.00 bits per heavy atom. The van der Waals surface area contributed by atoms with Crippen LogP contribution in [0.3, 0.4) is 0 Å². The third-order valence-corrected chi connectivity index (χ3v) is 3.12. The molecule has 1 nitrogen and oxygen atoms in total. The second-order valence-electron chi connectivity index (χ2n) is 3.93. The molecule has 82 valence electrons. The fraction of sp³-hybridized carbons (Fsp3) is 0.143. The normalized spacial score (nSPS) is 10.4. The molecule has 2 rings (SSSR count). The van der Waals surface area contributed by atoms with Crippen LogP contribution in [0, 0.1) is 13.8 Å². The van der Waals surface area contributed by atoms with Gasteiger partial charge in [0.15, 0.2) is 0 Å². The maximum atomic E-state index is 9.86. The lowest BCUT2D eigenvalue weighted by atomic mass is 9.98. The van der Waals surface area contributed by atoms with Crippen molar-refractivity contribution in [3.05, 3.63) is 52.5 Å². The number of rotatable bonds is 1. The maximum Gasteiger partial charge on any atom is 0.123 e. The van der Waals surface area contributed by atoms with Crippen LogP contribution in [0.15, 0.2) is 36.4 Å². The zero-order valence-electron chi connectivity index (χ0n) is 9.29. The minimum atomic E-state index is 0.288. The van der Waals surface area contributed by atoms with Gasteiger partial charge in [0.25, 0.3) is 0 Å². The van der Waals surface area contributed by atoms with Gasteiger partial charge in [-0.2, -0.15) is 0 Å². The predicted molar refractivity (Wildman–Crippen MR) is 68.0 cm³/mol. The molecule has 1 N–H and O–H groups in total. The third kappa shape index (κ3) is 1.91. The van der Waals surface area contributed by atoms with Crippen molar-refractivity contribution in [3.63, 3.8) is 0 Å². The highest BCUT2D eigenvalue weighted by Gasteiger charge is 2.08. The summed E-state index contributed by atoms with van der Waals surface area (Å²) in [6.45, 7) is 3.96. The number of phenolic OH excluding ortho intramolecular Hbond substituents is 1. The molecular formula is C14H13ClO. The van der Waals surface area contributed by atoms with E-state index in [1.807, 2.05) is 44.2 Å². The molecule has 0 bridgehead atoms. The Bertz CT molecular complexity index is 532. The molecule has 2 heteroatoms. The molecule has 0 heterocycles. The largest absolute Gasteiger partial charge is 0.507 e. The van der Waals surface area contributed by atoms with E-state index < -0.39 is 0 Å². The van der Waals surface area contributed by atoms with Crippen molar-refractivity contribution < 1.29 is 5.11 Å². The van der Waals surface area contributed by atoms with E-state index in [4.69, 9.17) is 11.6 Å². The van der Waals surface area contributed by atoms with Gasteiger partial charge in [-0.1, -0.05) is 35.4 Å². The summed E-state index contributed by atoms with van der Waals surface area (Å²) in [5.74, 6) is 0.288. The molecule has 0 spiro atoms. The Kier molecular flexibility index (Phi) is 2.88. The second kappa shape index (κ2) is 4.18. The smallest absolute Gasteiger partial charge is 0.123 e. The molecule has 2 aromatic rings. The average Bonchev–Trinajstić information content (AvgIpc) is 2.26. The van der Waals surface area contributed by atoms with Crippen molar-refractivity contribution >= 4 is 11.6 Å². The number of phenols is 1. The van der Waals surface area contributed by atoms with E-state index in [9.17, 15) is 5.11 Å². The van der Waals surface area contributed by atoms with Crippen molar-refractivity contribution in [2.45, 2.75) is 13.8 Å². The lowest BCUT2D eigenvalue weighted by Gasteiger charge is -2.10. The zero-order chi connectivity index (χ0) is 11.7. The van der Waals surface area contributed by atoms with Gasteiger partial charge in [0.05, 0.1) is 0 Å². The fourth-order valence-electron chi connectivity index (χ4n) is 1.76.